The number of hydrogen-bond donors (Lipinski definition) is 1. The molecule has 0 aromatic heterocycles. The van der Waals surface area contributed by atoms with E-state index in [9.17, 15) is 9.59 Å². The van der Waals surface area contributed by atoms with Crippen LogP contribution >= 0.6 is 23.2 Å². The Morgan fingerprint density at radius 3 is 2.26 bits per heavy atom. The molecular formula is C23H19Cl2NO5. The van der Waals surface area contributed by atoms with Crippen LogP contribution in [0.2, 0.25) is 10.0 Å². The summed E-state index contributed by atoms with van der Waals surface area (Å²) in [4.78, 5) is 25.2. The number of benzene rings is 3. The predicted molar refractivity (Wildman–Crippen MR) is 121 cm³/mol. The molecule has 0 aliphatic rings. The zero-order chi connectivity index (χ0) is 22.5. The minimum Gasteiger partial charge on any atom is -0.497 e. The molecule has 3 rings (SSSR count). The van der Waals surface area contributed by atoms with Gasteiger partial charge >= 0.3 is 5.97 Å². The number of carbonyl (C=O) groups excluding carboxylic acids is 2. The van der Waals surface area contributed by atoms with Gasteiger partial charge in [0.05, 0.1) is 43.2 Å². The number of amides is 1. The van der Waals surface area contributed by atoms with Crippen molar-refractivity contribution in [2.45, 2.75) is 0 Å². The largest absolute Gasteiger partial charge is 0.497 e. The summed E-state index contributed by atoms with van der Waals surface area (Å²) < 4.78 is 15.6. The molecule has 0 heterocycles. The van der Waals surface area contributed by atoms with Gasteiger partial charge in [0.2, 0.25) is 0 Å². The molecule has 1 N–H and O–H groups in total. The number of anilines is 1. The lowest BCUT2D eigenvalue weighted by atomic mass is 10.00. The van der Waals surface area contributed by atoms with Crippen molar-refractivity contribution in [2.75, 3.05) is 26.6 Å². The fourth-order valence-corrected chi connectivity index (χ4v) is 3.50. The number of carbonyl (C=O) groups is 2. The summed E-state index contributed by atoms with van der Waals surface area (Å²) in [6.07, 6.45) is 0. The van der Waals surface area contributed by atoms with Crippen molar-refractivity contribution in [3.05, 3.63) is 75.8 Å². The Morgan fingerprint density at radius 1 is 0.839 bits per heavy atom. The molecule has 1 amide bonds. The second-order valence-corrected chi connectivity index (χ2v) is 7.24. The highest BCUT2D eigenvalue weighted by Crippen LogP contribution is 2.35. The maximum absolute atomic E-state index is 12.7. The number of halogens is 2. The van der Waals surface area contributed by atoms with E-state index < -0.39 is 11.9 Å². The van der Waals surface area contributed by atoms with E-state index in [4.69, 9.17) is 37.4 Å². The Hall–Kier alpha value is -3.22. The maximum Gasteiger partial charge on any atom is 0.339 e. The van der Waals surface area contributed by atoms with Gasteiger partial charge in [-0.05, 0) is 54.1 Å². The van der Waals surface area contributed by atoms with E-state index in [2.05, 4.69) is 5.32 Å². The highest BCUT2D eigenvalue weighted by atomic mass is 35.5. The molecule has 0 atom stereocenters. The van der Waals surface area contributed by atoms with Crippen molar-refractivity contribution in [2.24, 2.45) is 0 Å². The Bertz CT molecular complexity index is 1150. The minimum atomic E-state index is -0.610. The van der Waals surface area contributed by atoms with Gasteiger partial charge in [0.15, 0.2) is 0 Å². The standard InChI is InChI=1S/C23H19Cl2NO5/c1-29-15-6-9-21(30-2)17(12-15)13-4-8-20(18(10-13)23(28)31-3)26-22(27)16-7-5-14(24)11-19(16)25/h4-12H,1-3H3,(H,26,27). The molecule has 0 spiro atoms. The van der Waals surface area contributed by atoms with Crippen LogP contribution in [0.1, 0.15) is 20.7 Å². The van der Waals surface area contributed by atoms with Gasteiger partial charge in [0, 0.05) is 10.6 Å². The molecule has 6 nitrogen and oxygen atoms in total. The summed E-state index contributed by atoms with van der Waals surface area (Å²) in [6, 6.07) is 14.8. The van der Waals surface area contributed by atoms with Gasteiger partial charge in [-0.3, -0.25) is 4.79 Å². The summed E-state index contributed by atoms with van der Waals surface area (Å²) >= 11 is 12.0. The lowest BCUT2D eigenvalue weighted by Gasteiger charge is -2.15. The van der Waals surface area contributed by atoms with Crippen molar-refractivity contribution in [1.82, 2.24) is 0 Å². The molecule has 0 aliphatic carbocycles. The van der Waals surface area contributed by atoms with E-state index in [0.29, 0.717) is 27.6 Å². The molecule has 0 radical (unpaired) electrons. The maximum atomic E-state index is 12.7. The molecule has 0 fully saturated rings. The van der Waals surface area contributed by atoms with Gasteiger partial charge < -0.3 is 19.5 Å². The molecule has 0 saturated carbocycles. The molecular weight excluding hydrogens is 441 g/mol. The van der Waals surface area contributed by atoms with E-state index in [-0.39, 0.29) is 21.8 Å². The van der Waals surface area contributed by atoms with Gasteiger partial charge in [-0.2, -0.15) is 0 Å². The van der Waals surface area contributed by atoms with E-state index in [0.717, 1.165) is 0 Å². The summed E-state index contributed by atoms with van der Waals surface area (Å²) in [5, 5.41) is 3.32. The first-order valence-electron chi connectivity index (χ1n) is 9.09. The monoisotopic (exact) mass is 459 g/mol. The van der Waals surface area contributed by atoms with Crippen LogP contribution in [0.15, 0.2) is 54.6 Å². The van der Waals surface area contributed by atoms with Crippen LogP contribution in [0, 0.1) is 0 Å². The molecule has 0 saturated heterocycles. The fraction of sp³-hybridized carbons (Fsp3) is 0.130. The van der Waals surface area contributed by atoms with Crippen molar-refractivity contribution >= 4 is 40.8 Å². The molecule has 8 heteroatoms. The lowest BCUT2D eigenvalue weighted by molar-refractivity contribution is 0.0602. The molecule has 0 aliphatic heterocycles. The van der Waals surface area contributed by atoms with Gasteiger partial charge in [-0.1, -0.05) is 29.3 Å². The molecule has 0 unspecified atom stereocenters. The number of nitrogens with one attached hydrogen (secondary N) is 1. The second kappa shape index (κ2) is 9.73. The molecule has 0 bridgehead atoms. The van der Waals surface area contributed by atoms with Crippen LogP contribution in [0.25, 0.3) is 11.1 Å². The fourth-order valence-electron chi connectivity index (χ4n) is 3.00. The Morgan fingerprint density at radius 2 is 1.61 bits per heavy atom. The highest BCUT2D eigenvalue weighted by molar-refractivity contribution is 6.37. The van der Waals surface area contributed by atoms with Crippen LogP contribution < -0.4 is 14.8 Å². The smallest absolute Gasteiger partial charge is 0.339 e. The number of ether oxygens (including phenoxy) is 3. The highest BCUT2D eigenvalue weighted by Gasteiger charge is 2.19. The topological polar surface area (TPSA) is 73.9 Å². The van der Waals surface area contributed by atoms with Crippen LogP contribution in [-0.2, 0) is 4.74 Å². The first-order chi connectivity index (χ1) is 14.9. The summed E-state index contributed by atoms with van der Waals surface area (Å²) in [5.74, 6) is 0.131. The normalized spacial score (nSPS) is 10.4. The van der Waals surface area contributed by atoms with Crippen molar-refractivity contribution < 1.29 is 23.8 Å². The van der Waals surface area contributed by atoms with Gasteiger partial charge in [-0.15, -0.1) is 0 Å². The number of hydrogen-bond acceptors (Lipinski definition) is 5. The summed E-state index contributed by atoms with van der Waals surface area (Å²) in [5.41, 5.74) is 2.06. The minimum absolute atomic E-state index is 0.170. The third-order valence-corrected chi connectivity index (χ3v) is 5.11. The molecule has 3 aromatic carbocycles. The quantitative estimate of drug-likeness (QED) is 0.477. The van der Waals surface area contributed by atoms with E-state index in [1.807, 2.05) is 0 Å². The summed E-state index contributed by atoms with van der Waals surface area (Å²) in [7, 11) is 4.38. The van der Waals surface area contributed by atoms with E-state index >= 15 is 0 Å². The third-order valence-electron chi connectivity index (χ3n) is 4.57. The Labute approximate surface area is 189 Å². The van der Waals surface area contributed by atoms with Crippen molar-refractivity contribution in [3.8, 4) is 22.6 Å². The van der Waals surface area contributed by atoms with Crippen LogP contribution in [0.4, 0.5) is 5.69 Å². The molecule has 3 aromatic rings. The molecule has 160 valence electrons. The zero-order valence-corrected chi connectivity index (χ0v) is 18.5. The Kier molecular flexibility index (Phi) is 7.05. The van der Waals surface area contributed by atoms with Crippen LogP contribution in [-0.4, -0.2) is 33.2 Å². The van der Waals surface area contributed by atoms with Crippen molar-refractivity contribution in [3.63, 3.8) is 0 Å². The van der Waals surface area contributed by atoms with Crippen LogP contribution in [0.5, 0.6) is 11.5 Å². The number of rotatable bonds is 6. The van der Waals surface area contributed by atoms with Gasteiger partial charge in [0.1, 0.15) is 11.5 Å². The lowest BCUT2D eigenvalue weighted by Crippen LogP contribution is -2.16. The summed E-state index contributed by atoms with van der Waals surface area (Å²) in [6.45, 7) is 0. The number of methoxy groups -OCH3 is 3. The first kappa shape index (κ1) is 22.5. The SMILES string of the molecule is COC(=O)c1cc(-c2cc(OC)ccc2OC)ccc1NC(=O)c1ccc(Cl)cc1Cl. The van der Waals surface area contributed by atoms with E-state index in [1.54, 1.807) is 56.7 Å². The molecule has 31 heavy (non-hydrogen) atoms. The average molecular weight is 460 g/mol. The van der Waals surface area contributed by atoms with E-state index in [1.165, 1.54) is 19.2 Å². The second-order valence-electron chi connectivity index (χ2n) is 6.40. The third kappa shape index (κ3) is 4.93. The van der Waals surface area contributed by atoms with Gasteiger partial charge in [0.25, 0.3) is 5.91 Å². The number of esters is 1. The van der Waals surface area contributed by atoms with Crippen LogP contribution in [0.3, 0.4) is 0 Å². The van der Waals surface area contributed by atoms with Gasteiger partial charge in [-0.25, -0.2) is 4.79 Å². The predicted octanol–water partition coefficient (Wildman–Crippen LogP) is 5.72. The first-order valence-corrected chi connectivity index (χ1v) is 9.84. The average Bonchev–Trinajstić information content (AvgIpc) is 2.78. The van der Waals surface area contributed by atoms with Crippen molar-refractivity contribution in [1.29, 1.82) is 0 Å². The Balaban J connectivity index is 2.03. The zero-order valence-electron chi connectivity index (χ0n) is 17.0.